The largest absolute Gasteiger partial charge is 0.496 e. The van der Waals surface area contributed by atoms with Crippen molar-refractivity contribution in [2.75, 3.05) is 7.11 Å². The molecule has 1 aromatic rings. The van der Waals surface area contributed by atoms with Crippen LogP contribution in [0.15, 0.2) is 18.2 Å². The summed E-state index contributed by atoms with van der Waals surface area (Å²) in [5.41, 5.74) is 3.94. The molecule has 2 saturated heterocycles. The van der Waals surface area contributed by atoms with Gasteiger partial charge >= 0.3 is 0 Å². The molecule has 104 valence electrons. The minimum absolute atomic E-state index is 0.0175. The first-order valence-electron chi connectivity index (χ1n) is 6.68. The number of halogens is 1. The van der Waals surface area contributed by atoms with Crippen LogP contribution in [0.25, 0.3) is 0 Å². The van der Waals surface area contributed by atoms with Gasteiger partial charge in [-0.25, -0.2) is 0 Å². The highest BCUT2D eigenvalue weighted by Gasteiger charge is 2.45. The monoisotopic (exact) mass is 282 g/mol. The SMILES string of the molecule is COc1ccc(Cl)cc1C(NN)C1CC2CCC1O2. The number of nitrogens with one attached hydrogen (secondary N) is 1. The van der Waals surface area contributed by atoms with E-state index in [2.05, 4.69) is 5.43 Å². The van der Waals surface area contributed by atoms with Crippen LogP contribution in [-0.2, 0) is 4.74 Å². The highest BCUT2D eigenvalue weighted by molar-refractivity contribution is 6.30. The second-order valence-electron chi connectivity index (χ2n) is 5.30. The van der Waals surface area contributed by atoms with Gasteiger partial charge in [-0.2, -0.15) is 0 Å². The first-order valence-corrected chi connectivity index (χ1v) is 7.05. The molecule has 4 unspecified atom stereocenters. The highest BCUT2D eigenvalue weighted by atomic mass is 35.5. The van der Waals surface area contributed by atoms with Gasteiger partial charge in [-0.3, -0.25) is 11.3 Å². The smallest absolute Gasteiger partial charge is 0.123 e. The lowest BCUT2D eigenvalue weighted by molar-refractivity contribution is 0.0854. The van der Waals surface area contributed by atoms with Crippen LogP contribution in [0.4, 0.5) is 0 Å². The van der Waals surface area contributed by atoms with Gasteiger partial charge in [0.05, 0.1) is 25.4 Å². The van der Waals surface area contributed by atoms with E-state index in [4.69, 9.17) is 26.9 Å². The molecule has 0 radical (unpaired) electrons. The van der Waals surface area contributed by atoms with Crippen LogP contribution in [0, 0.1) is 5.92 Å². The van der Waals surface area contributed by atoms with Crippen LogP contribution < -0.4 is 16.0 Å². The summed E-state index contributed by atoms with van der Waals surface area (Å²) < 4.78 is 11.4. The molecule has 2 aliphatic heterocycles. The molecule has 3 rings (SSSR count). The van der Waals surface area contributed by atoms with Crippen molar-refractivity contribution in [3.05, 3.63) is 28.8 Å². The minimum Gasteiger partial charge on any atom is -0.496 e. The van der Waals surface area contributed by atoms with Gasteiger partial charge in [0.1, 0.15) is 5.75 Å². The van der Waals surface area contributed by atoms with Crippen LogP contribution in [-0.4, -0.2) is 19.3 Å². The van der Waals surface area contributed by atoms with Crippen LogP contribution in [0.1, 0.15) is 30.9 Å². The van der Waals surface area contributed by atoms with Crippen LogP contribution in [0.2, 0.25) is 5.02 Å². The van der Waals surface area contributed by atoms with Gasteiger partial charge in [-0.1, -0.05) is 11.6 Å². The summed E-state index contributed by atoms with van der Waals surface area (Å²) in [5, 5.41) is 0.695. The Morgan fingerprint density at radius 3 is 2.89 bits per heavy atom. The van der Waals surface area contributed by atoms with Crippen LogP contribution in [0.5, 0.6) is 5.75 Å². The number of benzene rings is 1. The summed E-state index contributed by atoms with van der Waals surface area (Å²) in [6, 6.07) is 5.66. The number of rotatable bonds is 4. The summed E-state index contributed by atoms with van der Waals surface area (Å²) in [6.07, 6.45) is 4.04. The average molecular weight is 283 g/mol. The summed E-state index contributed by atoms with van der Waals surface area (Å²) in [7, 11) is 1.66. The Hall–Kier alpha value is -0.810. The van der Waals surface area contributed by atoms with E-state index in [1.165, 1.54) is 6.42 Å². The second-order valence-corrected chi connectivity index (χ2v) is 5.74. The molecule has 19 heavy (non-hydrogen) atoms. The first kappa shape index (κ1) is 13.2. The van der Waals surface area contributed by atoms with E-state index in [1.807, 2.05) is 18.2 Å². The zero-order valence-electron chi connectivity index (χ0n) is 10.9. The second kappa shape index (κ2) is 5.29. The van der Waals surface area contributed by atoms with Gasteiger partial charge in [0.2, 0.25) is 0 Å². The maximum absolute atomic E-state index is 6.11. The van der Waals surface area contributed by atoms with Gasteiger partial charge in [-0.15, -0.1) is 0 Å². The Balaban J connectivity index is 1.91. The molecule has 4 nitrogen and oxygen atoms in total. The van der Waals surface area contributed by atoms with Crippen LogP contribution in [0.3, 0.4) is 0 Å². The average Bonchev–Trinajstić information content (AvgIpc) is 3.03. The van der Waals surface area contributed by atoms with E-state index in [-0.39, 0.29) is 6.04 Å². The van der Waals surface area contributed by atoms with Crippen molar-refractivity contribution < 1.29 is 9.47 Å². The normalized spacial score (nSPS) is 30.6. The van der Waals surface area contributed by atoms with Gasteiger partial charge in [0.25, 0.3) is 0 Å². The zero-order valence-corrected chi connectivity index (χ0v) is 11.7. The van der Waals surface area contributed by atoms with Gasteiger partial charge in [0, 0.05) is 16.5 Å². The fourth-order valence-corrected chi connectivity index (χ4v) is 3.60. The Bertz CT molecular complexity index is 469. The number of ether oxygens (including phenoxy) is 2. The lowest BCUT2D eigenvalue weighted by Gasteiger charge is -2.29. The van der Waals surface area contributed by atoms with Crippen molar-refractivity contribution in [1.82, 2.24) is 5.43 Å². The number of hydrazine groups is 1. The molecule has 4 atom stereocenters. The number of fused-ring (bicyclic) bond motifs is 2. The fourth-order valence-electron chi connectivity index (χ4n) is 3.42. The maximum Gasteiger partial charge on any atom is 0.123 e. The van der Waals surface area contributed by atoms with Crippen molar-refractivity contribution in [3.63, 3.8) is 0 Å². The standard InChI is InChI=1S/C14H19ClN2O2/c1-18-12-4-2-8(15)6-10(12)14(17-16)11-7-9-3-5-13(11)19-9/h2,4,6,9,11,13-14,17H,3,5,7,16H2,1H3. The van der Waals surface area contributed by atoms with Crippen molar-refractivity contribution in [1.29, 1.82) is 0 Å². The Labute approximate surface area is 118 Å². The number of nitrogens with two attached hydrogens (primary N) is 1. The molecule has 2 aliphatic rings. The predicted molar refractivity (Wildman–Crippen MR) is 74.1 cm³/mol. The molecule has 1 aromatic carbocycles. The van der Waals surface area contributed by atoms with Crippen molar-refractivity contribution in [2.24, 2.45) is 11.8 Å². The Morgan fingerprint density at radius 2 is 2.32 bits per heavy atom. The predicted octanol–water partition coefficient (Wildman–Crippen LogP) is 2.42. The topological polar surface area (TPSA) is 56.5 Å². The van der Waals surface area contributed by atoms with E-state index in [0.717, 1.165) is 24.2 Å². The van der Waals surface area contributed by atoms with E-state index in [9.17, 15) is 0 Å². The molecule has 2 bridgehead atoms. The lowest BCUT2D eigenvalue weighted by atomic mass is 9.81. The third-order valence-electron chi connectivity index (χ3n) is 4.29. The molecular formula is C14H19ClN2O2. The maximum atomic E-state index is 6.11. The van der Waals surface area contributed by atoms with E-state index >= 15 is 0 Å². The third-order valence-corrected chi connectivity index (χ3v) is 4.52. The fraction of sp³-hybridized carbons (Fsp3) is 0.571. The molecular weight excluding hydrogens is 264 g/mol. The molecule has 0 spiro atoms. The Kier molecular flexibility index (Phi) is 3.67. The number of hydrogen-bond acceptors (Lipinski definition) is 4. The molecule has 2 fully saturated rings. The molecule has 2 heterocycles. The van der Waals surface area contributed by atoms with Gasteiger partial charge in [0.15, 0.2) is 0 Å². The molecule has 0 aliphatic carbocycles. The van der Waals surface area contributed by atoms with Crippen molar-refractivity contribution >= 4 is 11.6 Å². The highest BCUT2D eigenvalue weighted by Crippen LogP contribution is 2.46. The van der Waals surface area contributed by atoms with Crippen molar-refractivity contribution in [2.45, 2.75) is 37.5 Å². The quantitative estimate of drug-likeness (QED) is 0.658. The van der Waals surface area contributed by atoms with Gasteiger partial charge in [-0.05, 0) is 37.5 Å². The lowest BCUT2D eigenvalue weighted by Crippen LogP contribution is -2.37. The molecule has 0 aromatic heterocycles. The summed E-state index contributed by atoms with van der Waals surface area (Å²) >= 11 is 6.11. The summed E-state index contributed by atoms with van der Waals surface area (Å²) in [5.74, 6) is 6.99. The Morgan fingerprint density at radius 1 is 1.47 bits per heavy atom. The molecule has 5 heteroatoms. The molecule has 3 N–H and O–H groups in total. The van der Waals surface area contributed by atoms with Gasteiger partial charge < -0.3 is 9.47 Å². The summed E-state index contributed by atoms with van der Waals surface area (Å²) in [6.45, 7) is 0. The molecule has 0 saturated carbocycles. The number of methoxy groups -OCH3 is 1. The number of hydrogen-bond donors (Lipinski definition) is 2. The van der Waals surface area contributed by atoms with E-state index in [0.29, 0.717) is 23.1 Å². The molecule has 0 amide bonds. The van der Waals surface area contributed by atoms with Crippen LogP contribution >= 0.6 is 11.6 Å². The zero-order chi connectivity index (χ0) is 13.4. The third kappa shape index (κ3) is 2.34. The van der Waals surface area contributed by atoms with E-state index < -0.39 is 0 Å². The minimum atomic E-state index is 0.0175. The summed E-state index contributed by atoms with van der Waals surface area (Å²) in [4.78, 5) is 0. The van der Waals surface area contributed by atoms with Crippen molar-refractivity contribution in [3.8, 4) is 5.75 Å². The van der Waals surface area contributed by atoms with E-state index in [1.54, 1.807) is 7.11 Å². The first-order chi connectivity index (χ1) is 9.22.